The van der Waals surface area contributed by atoms with E-state index in [4.69, 9.17) is 20.3 Å². The van der Waals surface area contributed by atoms with Crippen LogP contribution in [-0.2, 0) is 20.8 Å². The van der Waals surface area contributed by atoms with Gasteiger partial charge in [0.15, 0.2) is 11.5 Å². The first-order valence-electron chi connectivity index (χ1n) is 9.73. The van der Waals surface area contributed by atoms with Crippen LogP contribution in [0.15, 0.2) is 18.2 Å². The maximum atomic E-state index is 12.0. The number of benzene rings is 1. The molecule has 0 unspecified atom stereocenters. The van der Waals surface area contributed by atoms with E-state index in [1.54, 1.807) is 0 Å². The second kappa shape index (κ2) is 12.2. The molecule has 0 aliphatic carbocycles. The van der Waals surface area contributed by atoms with Crippen molar-refractivity contribution in [3.8, 4) is 11.5 Å². The molecule has 0 spiro atoms. The average Bonchev–Trinajstić information content (AvgIpc) is 2.72. The van der Waals surface area contributed by atoms with Crippen molar-refractivity contribution in [1.29, 1.82) is 0 Å². The number of aliphatic carboxylic acids is 2. The predicted octanol–water partition coefficient (Wildman–Crippen LogP) is 0.111. The first-order chi connectivity index (χ1) is 15.3. The number of hydrogen-bond acceptors (Lipinski definition) is 8. The molecule has 0 aliphatic rings. The van der Waals surface area contributed by atoms with Crippen LogP contribution in [0.25, 0.3) is 0 Å². The van der Waals surface area contributed by atoms with Crippen molar-refractivity contribution in [3.63, 3.8) is 0 Å². The molecule has 5 N–H and O–H groups in total. The first-order valence-corrected chi connectivity index (χ1v) is 9.73. The van der Waals surface area contributed by atoms with Gasteiger partial charge in [-0.15, -0.1) is 0 Å². The van der Waals surface area contributed by atoms with Crippen molar-refractivity contribution in [1.82, 2.24) is 15.1 Å². The van der Waals surface area contributed by atoms with Gasteiger partial charge in [-0.05, 0) is 24.1 Å². The van der Waals surface area contributed by atoms with Crippen molar-refractivity contribution in [3.05, 3.63) is 23.8 Å². The molecule has 0 saturated heterocycles. The normalized spacial score (nSPS) is 12.2. The minimum Gasteiger partial charge on any atom is -0.480 e. The van der Waals surface area contributed by atoms with E-state index in [9.17, 15) is 29.1 Å². The highest BCUT2D eigenvalue weighted by molar-refractivity contribution is 5.84. The van der Waals surface area contributed by atoms with Gasteiger partial charge in [0.2, 0.25) is 5.91 Å². The van der Waals surface area contributed by atoms with Crippen LogP contribution in [0.3, 0.4) is 0 Å². The van der Waals surface area contributed by atoms with Gasteiger partial charge in [-0.1, -0.05) is 6.07 Å². The number of nitrogens with one attached hydrogen (secondary N) is 1. The lowest BCUT2D eigenvalue weighted by molar-refractivity contribution is -0.142. The molecule has 0 aromatic heterocycles. The standard InChI is InChI=1S/C20H28N4O9/c1-23(2)19(30)32-14-7-5-11(10-15(14)33-20(31)24(3)4)9-13(18(28)29)22-16(25)8-6-12(21)17(26)27/h5,7,10,12-13H,6,8-9,21H2,1-4H3,(H,22,25)(H,26,27)(H,28,29)/t12-,13-/m0/s1. The smallest absolute Gasteiger partial charge is 0.414 e. The molecule has 0 fully saturated rings. The van der Waals surface area contributed by atoms with Gasteiger partial charge in [0, 0.05) is 41.0 Å². The first kappa shape index (κ1) is 27.2. The molecule has 13 heteroatoms. The van der Waals surface area contributed by atoms with E-state index in [0.29, 0.717) is 5.56 Å². The zero-order valence-electron chi connectivity index (χ0n) is 18.7. The quantitative estimate of drug-likeness (QED) is 0.367. The van der Waals surface area contributed by atoms with Crippen molar-refractivity contribution < 1.29 is 43.7 Å². The number of carboxylic acid groups (broad SMARTS) is 2. The Morgan fingerprint density at radius 1 is 0.939 bits per heavy atom. The number of carbonyl (C=O) groups excluding carboxylic acids is 3. The number of amides is 3. The maximum absolute atomic E-state index is 12.0. The summed E-state index contributed by atoms with van der Waals surface area (Å²) < 4.78 is 10.4. The van der Waals surface area contributed by atoms with Crippen molar-refractivity contribution in [2.75, 3.05) is 28.2 Å². The van der Waals surface area contributed by atoms with Gasteiger partial charge in [-0.2, -0.15) is 0 Å². The molecule has 0 aliphatic heterocycles. The van der Waals surface area contributed by atoms with Crippen LogP contribution < -0.4 is 20.5 Å². The van der Waals surface area contributed by atoms with E-state index in [1.165, 1.54) is 46.4 Å². The van der Waals surface area contributed by atoms with E-state index in [2.05, 4.69) is 5.32 Å². The summed E-state index contributed by atoms with van der Waals surface area (Å²) >= 11 is 0. The number of nitrogens with zero attached hydrogens (tertiary/aromatic N) is 2. The Kier molecular flexibility index (Phi) is 10.1. The zero-order valence-corrected chi connectivity index (χ0v) is 18.7. The minimum atomic E-state index is -1.36. The SMILES string of the molecule is CN(C)C(=O)Oc1ccc(C[C@H](NC(=O)CC[C@H](N)C(=O)O)C(=O)O)cc1OC(=O)N(C)C. The summed E-state index contributed by atoms with van der Waals surface area (Å²) in [6.45, 7) is 0. The van der Waals surface area contributed by atoms with Crippen LogP contribution in [0, 0.1) is 0 Å². The number of rotatable bonds is 10. The molecule has 0 bridgehead atoms. The summed E-state index contributed by atoms with van der Waals surface area (Å²) in [5, 5.41) is 20.5. The molecule has 3 amide bonds. The Hall–Kier alpha value is -3.87. The monoisotopic (exact) mass is 468 g/mol. The fourth-order valence-corrected chi connectivity index (χ4v) is 2.33. The van der Waals surface area contributed by atoms with Gasteiger partial charge < -0.3 is 40.5 Å². The average molecular weight is 468 g/mol. The molecule has 1 aromatic rings. The van der Waals surface area contributed by atoms with Gasteiger partial charge in [0.1, 0.15) is 12.1 Å². The topological polar surface area (TPSA) is 189 Å². The summed E-state index contributed by atoms with van der Waals surface area (Å²) in [4.78, 5) is 60.6. The highest BCUT2D eigenvalue weighted by Gasteiger charge is 2.23. The summed E-state index contributed by atoms with van der Waals surface area (Å²) in [6, 6.07) is 1.51. The van der Waals surface area contributed by atoms with Gasteiger partial charge >= 0.3 is 24.1 Å². The Morgan fingerprint density at radius 3 is 1.97 bits per heavy atom. The van der Waals surface area contributed by atoms with Crippen LogP contribution in [0.4, 0.5) is 9.59 Å². The third-order valence-electron chi connectivity index (χ3n) is 4.21. The van der Waals surface area contributed by atoms with Crippen molar-refractivity contribution in [2.45, 2.75) is 31.3 Å². The largest absolute Gasteiger partial charge is 0.480 e. The third kappa shape index (κ3) is 9.03. The molecule has 182 valence electrons. The van der Waals surface area contributed by atoms with Crippen molar-refractivity contribution in [2.24, 2.45) is 5.73 Å². The Balaban J connectivity index is 3.04. The van der Waals surface area contributed by atoms with Crippen LogP contribution in [0.1, 0.15) is 18.4 Å². The third-order valence-corrected chi connectivity index (χ3v) is 4.21. The predicted molar refractivity (Wildman–Crippen MR) is 114 cm³/mol. The van der Waals surface area contributed by atoms with Crippen LogP contribution in [0.5, 0.6) is 11.5 Å². The minimum absolute atomic E-state index is 0.0637. The highest BCUT2D eigenvalue weighted by atomic mass is 16.6. The van der Waals surface area contributed by atoms with Gasteiger partial charge in [-0.25, -0.2) is 14.4 Å². The summed E-state index contributed by atoms with van der Waals surface area (Å²) in [7, 11) is 5.82. The number of carboxylic acids is 2. The van der Waals surface area contributed by atoms with E-state index >= 15 is 0 Å². The molecule has 13 nitrogen and oxygen atoms in total. The molecule has 0 heterocycles. The Bertz CT molecular complexity index is 902. The van der Waals surface area contributed by atoms with Crippen LogP contribution in [0.2, 0.25) is 0 Å². The second-order valence-electron chi connectivity index (χ2n) is 7.45. The number of hydrogen-bond donors (Lipinski definition) is 4. The van der Waals surface area contributed by atoms with Gasteiger partial charge in [0.25, 0.3) is 0 Å². The molecular formula is C20H28N4O9. The number of carbonyl (C=O) groups is 5. The van der Waals surface area contributed by atoms with E-state index in [1.807, 2.05) is 0 Å². The van der Waals surface area contributed by atoms with Crippen LogP contribution >= 0.6 is 0 Å². The number of ether oxygens (including phenoxy) is 2. The van der Waals surface area contributed by atoms with Gasteiger partial charge in [0.05, 0.1) is 0 Å². The molecule has 0 radical (unpaired) electrons. The maximum Gasteiger partial charge on any atom is 0.414 e. The fraction of sp³-hybridized carbons (Fsp3) is 0.450. The van der Waals surface area contributed by atoms with E-state index in [-0.39, 0.29) is 30.8 Å². The molecule has 0 saturated carbocycles. The highest BCUT2D eigenvalue weighted by Crippen LogP contribution is 2.30. The lowest BCUT2D eigenvalue weighted by Crippen LogP contribution is -2.43. The fourth-order valence-electron chi connectivity index (χ4n) is 2.33. The van der Waals surface area contributed by atoms with E-state index in [0.717, 1.165) is 9.80 Å². The van der Waals surface area contributed by atoms with Crippen molar-refractivity contribution >= 4 is 30.0 Å². The van der Waals surface area contributed by atoms with Gasteiger partial charge in [-0.3, -0.25) is 9.59 Å². The lowest BCUT2D eigenvalue weighted by atomic mass is 10.0. The summed E-state index contributed by atoms with van der Waals surface area (Å²) in [5.74, 6) is -3.47. The Morgan fingerprint density at radius 2 is 1.48 bits per heavy atom. The molecular weight excluding hydrogens is 440 g/mol. The lowest BCUT2D eigenvalue weighted by Gasteiger charge is -2.18. The molecule has 1 rings (SSSR count). The number of nitrogens with two attached hydrogens (primary N) is 1. The zero-order chi connectivity index (χ0) is 25.3. The van der Waals surface area contributed by atoms with Crippen LogP contribution in [-0.4, -0.2) is 90.3 Å². The second-order valence-corrected chi connectivity index (χ2v) is 7.45. The molecule has 2 atom stereocenters. The van der Waals surface area contributed by atoms with E-state index < -0.39 is 42.1 Å². The molecule has 33 heavy (non-hydrogen) atoms. The summed E-state index contributed by atoms with van der Waals surface area (Å²) in [5.41, 5.74) is 5.70. The Labute approximate surface area is 190 Å². The summed E-state index contributed by atoms with van der Waals surface area (Å²) in [6.07, 6.45) is -2.11. The molecule has 1 aromatic carbocycles.